The van der Waals surface area contributed by atoms with Gasteiger partial charge >= 0.3 is 6.09 Å². The molecule has 3 aliphatic heterocycles. The lowest BCUT2D eigenvalue weighted by atomic mass is 9.83. The average Bonchev–Trinajstić information content (AvgIpc) is 3.33. The van der Waals surface area contributed by atoms with Gasteiger partial charge in [0.05, 0.1) is 11.6 Å². The molecule has 1 aliphatic carbocycles. The van der Waals surface area contributed by atoms with Gasteiger partial charge in [0, 0.05) is 56.9 Å². The van der Waals surface area contributed by atoms with Crippen LogP contribution in [0.2, 0.25) is 0 Å². The van der Waals surface area contributed by atoms with Crippen LogP contribution in [-0.2, 0) is 9.53 Å². The van der Waals surface area contributed by atoms with E-state index < -0.39 is 5.60 Å². The van der Waals surface area contributed by atoms with Crippen LogP contribution in [0.15, 0.2) is 10.9 Å². The molecule has 4 fully saturated rings. The van der Waals surface area contributed by atoms with Crippen molar-refractivity contribution in [1.29, 1.82) is 0 Å². The van der Waals surface area contributed by atoms with E-state index in [0.717, 1.165) is 12.8 Å². The number of aromatic nitrogens is 1. The molecule has 5 rings (SSSR count). The van der Waals surface area contributed by atoms with E-state index in [9.17, 15) is 14.4 Å². The monoisotopic (exact) mass is 390 g/mol. The fourth-order valence-electron chi connectivity index (χ4n) is 4.55. The van der Waals surface area contributed by atoms with E-state index in [-0.39, 0.29) is 29.9 Å². The summed E-state index contributed by atoms with van der Waals surface area (Å²) in [6.07, 6.45) is 2.98. The average molecular weight is 390 g/mol. The minimum absolute atomic E-state index is 0.0910. The highest BCUT2D eigenvalue weighted by Gasteiger charge is 2.57. The molecule has 0 bridgehead atoms. The third kappa shape index (κ3) is 2.79. The number of thiazole rings is 1. The van der Waals surface area contributed by atoms with Crippen LogP contribution in [0, 0.1) is 5.92 Å². The van der Waals surface area contributed by atoms with Crippen molar-refractivity contribution in [3.05, 3.63) is 16.6 Å². The van der Waals surface area contributed by atoms with E-state index in [2.05, 4.69) is 4.98 Å². The number of rotatable bonds is 2. The second kappa shape index (κ2) is 6.19. The van der Waals surface area contributed by atoms with E-state index >= 15 is 0 Å². The van der Waals surface area contributed by atoms with Crippen molar-refractivity contribution >= 4 is 29.2 Å². The van der Waals surface area contributed by atoms with Crippen molar-refractivity contribution in [3.8, 4) is 0 Å². The van der Waals surface area contributed by atoms with Gasteiger partial charge in [-0.15, -0.1) is 11.3 Å². The molecule has 1 aromatic heterocycles. The second-order valence-corrected chi connectivity index (χ2v) is 8.59. The molecule has 144 valence electrons. The first-order valence-electron chi connectivity index (χ1n) is 9.53. The van der Waals surface area contributed by atoms with Gasteiger partial charge < -0.3 is 14.5 Å². The number of amides is 3. The standard InChI is InChI=1S/C18H22N4O4S/c23-15(12-1-2-12)20-5-3-18(4-6-20)14-9-21(7-8-22(14)17(25)26-18)16(24)13-10-27-11-19-13/h10-12,14H,1-9H2. The van der Waals surface area contributed by atoms with Gasteiger partial charge in [-0.1, -0.05) is 0 Å². The zero-order chi connectivity index (χ0) is 18.6. The third-order valence-corrected chi connectivity index (χ3v) is 6.89. The molecule has 1 unspecified atom stereocenters. The van der Waals surface area contributed by atoms with Gasteiger partial charge in [0.25, 0.3) is 5.91 Å². The summed E-state index contributed by atoms with van der Waals surface area (Å²) in [4.78, 5) is 47.0. The summed E-state index contributed by atoms with van der Waals surface area (Å²) >= 11 is 1.40. The lowest BCUT2D eigenvalue weighted by Crippen LogP contribution is -2.61. The summed E-state index contributed by atoms with van der Waals surface area (Å²) in [5, 5.41) is 1.75. The lowest BCUT2D eigenvalue weighted by Gasteiger charge is -2.45. The number of nitrogens with zero attached hydrogens (tertiary/aromatic N) is 4. The van der Waals surface area contributed by atoms with Gasteiger partial charge in [0.2, 0.25) is 5.91 Å². The number of piperidine rings is 1. The summed E-state index contributed by atoms with van der Waals surface area (Å²) in [6.45, 7) is 2.66. The van der Waals surface area contributed by atoms with Crippen LogP contribution in [-0.4, -0.2) is 82.0 Å². The van der Waals surface area contributed by atoms with Crippen LogP contribution in [0.3, 0.4) is 0 Å². The van der Waals surface area contributed by atoms with Crippen molar-refractivity contribution in [2.45, 2.75) is 37.3 Å². The molecule has 8 nitrogen and oxygen atoms in total. The Hall–Kier alpha value is -2.16. The van der Waals surface area contributed by atoms with E-state index in [1.807, 2.05) is 4.90 Å². The minimum atomic E-state index is -0.599. The summed E-state index contributed by atoms with van der Waals surface area (Å²) in [7, 11) is 0. The SMILES string of the molecule is O=C(c1cscn1)N1CCN2C(=O)OC3(CCN(C(=O)C4CC4)CC3)C2C1. The van der Waals surface area contributed by atoms with Crippen LogP contribution in [0.25, 0.3) is 0 Å². The van der Waals surface area contributed by atoms with Crippen LogP contribution < -0.4 is 0 Å². The maximum atomic E-state index is 12.7. The maximum absolute atomic E-state index is 12.7. The molecule has 4 aliphatic rings. The van der Waals surface area contributed by atoms with Crippen molar-refractivity contribution in [2.24, 2.45) is 5.92 Å². The largest absolute Gasteiger partial charge is 0.440 e. The van der Waals surface area contributed by atoms with E-state index in [4.69, 9.17) is 4.74 Å². The first-order valence-corrected chi connectivity index (χ1v) is 10.5. The van der Waals surface area contributed by atoms with Crippen molar-refractivity contribution in [2.75, 3.05) is 32.7 Å². The topological polar surface area (TPSA) is 83.1 Å². The summed E-state index contributed by atoms with van der Waals surface area (Å²) in [5.41, 5.74) is 1.51. The van der Waals surface area contributed by atoms with Gasteiger partial charge in [-0.3, -0.25) is 14.5 Å². The number of carbonyl (C=O) groups excluding carboxylic acids is 3. The molecule has 27 heavy (non-hydrogen) atoms. The highest BCUT2D eigenvalue weighted by molar-refractivity contribution is 7.07. The number of hydrogen-bond acceptors (Lipinski definition) is 6. The Balaban J connectivity index is 1.31. The van der Waals surface area contributed by atoms with Gasteiger partial charge in [0.15, 0.2) is 0 Å². The number of piperazine rings is 1. The Bertz CT molecular complexity index is 770. The van der Waals surface area contributed by atoms with Crippen LogP contribution in [0.4, 0.5) is 4.79 Å². The molecule has 1 saturated carbocycles. The highest BCUT2D eigenvalue weighted by Crippen LogP contribution is 2.41. The quantitative estimate of drug-likeness (QED) is 0.758. The van der Waals surface area contributed by atoms with E-state index in [1.165, 1.54) is 11.3 Å². The summed E-state index contributed by atoms with van der Waals surface area (Å²) in [6, 6.07) is -0.153. The molecular weight excluding hydrogens is 368 g/mol. The van der Waals surface area contributed by atoms with E-state index in [1.54, 1.807) is 20.7 Å². The third-order valence-electron chi connectivity index (χ3n) is 6.30. The van der Waals surface area contributed by atoms with Gasteiger partial charge in [-0.25, -0.2) is 9.78 Å². The predicted molar refractivity (Wildman–Crippen MR) is 96.3 cm³/mol. The second-order valence-electron chi connectivity index (χ2n) is 7.87. The number of hydrogen-bond donors (Lipinski definition) is 0. The van der Waals surface area contributed by atoms with Crippen LogP contribution in [0.5, 0.6) is 0 Å². The molecule has 0 radical (unpaired) electrons. The first-order chi connectivity index (χ1) is 13.1. The Kier molecular flexibility index (Phi) is 3.89. The zero-order valence-electron chi connectivity index (χ0n) is 15.0. The fraction of sp³-hybridized carbons (Fsp3) is 0.667. The molecule has 4 heterocycles. The zero-order valence-corrected chi connectivity index (χ0v) is 15.8. The normalized spacial score (nSPS) is 26.9. The Labute approximate surface area is 161 Å². The predicted octanol–water partition coefficient (Wildman–Crippen LogP) is 1.19. The number of ether oxygens (including phenoxy) is 1. The Morgan fingerprint density at radius 3 is 2.59 bits per heavy atom. The molecule has 1 spiro atoms. The molecular formula is C18H22N4O4S. The van der Waals surface area contributed by atoms with Crippen molar-refractivity contribution in [1.82, 2.24) is 19.7 Å². The highest BCUT2D eigenvalue weighted by atomic mass is 32.1. The molecule has 3 amide bonds. The van der Waals surface area contributed by atoms with Crippen molar-refractivity contribution in [3.63, 3.8) is 0 Å². The lowest BCUT2D eigenvalue weighted by molar-refractivity contribution is -0.136. The number of likely N-dealkylation sites (tertiary alicyclic amines) is 1. The molecule has 1 atom stereocenters. The van der Waals surface area contributed by atoms with Gasteiger partial charge in [0.1, 0.15) is 11.3 Å². The van der Waals surface area contributed by atoms with Crippen LogP contribution in [0.1, 0.15) is 36.2 Å². The maximum Gasteiger partial charge on any atom is 0.410 e. The molecule has 0 N–H and O–H groups in total. The minimum Gasteiger partial charge on any atom is -0.440 e. The number of carbonyl (C=O) groups is 3. The van der Waals surface area contributed by atoms with E-state index in [0.29, 0.717) is 51.3 Å². The Morgan fingerprint density at radius 1 is 1.15 bits per heavy atom. The fourth-order valence-corrected chi connectivity index (χ4v) is 5.07. The Morgan fingerprint density at radius 2 is 1.93 bits per heavy atom. The van der Waals surface area contributed by atoms with Gasteiger partial charge in [-0.2, -0.15) is 0 Å². The molecule has 0 aromatic carbocycles. The van der Waals surface area contributed by atoms with Crippen molar-refractivity contribution < 1.29 is 19.1 Å². The van der Waals surface area contributed by atoms with Crippen LogP contribution >= 0.6 is 11.3 Å². The van der Waals surface area contributed by atoms with Gasteiger partial charge in [-0.05, 0) is 12.8 Å². The first kappa shape index (κ1) is 17.0. The smallest absolute Gasteiger partial charge is 0.410 e. The molecule has 9 heteroatoms. The summed E-state index contributed by atoms with van der Waals surface area (Å²) < 4.78 is 5.86. The summed E-state index contributed by atoms with van der Waals surface area (Å²) in [5.74, 6) is 0.365. The molecule has 1 aromatic rings. The molecule has 3 saturated heterocycles. The number of fused-ring (bicyclic) bond motifs is 2.